The molecule has 0 spiro atoms. The second kappa shape index (κ2) is 7.65. The number of anilines is 1. The average Bonchev–Trinajstić information content (AvgIpc) is 2.54. The Morgan fingerprint density at radius 3 is 2.54 bits per heavy atom. The molecular formula is C16H17ClN2O4S. The highest BCUT2D eigenvalue weighted by molar-refractivity contribution is 7.89. The van der Waals surface area contributed by atoms with E-state index in [0.29, 0.717) is 16.5 Å². The van der Waals surface area contributed by atoms with Gasteiger partial charge in [-0.25, -0.2) is 12.7 Å². The molecule has 6 nitrogen and oxygen atoms in total. The van der Waals surface area contributed by atoms with Crippen molar-refractivity contribution in [2.75, 3.05) is 26.0 Å². The van der Waals surface area contributed by atoms with Gasteiger partial charge in [0.2, 0.25) is 10.0 Å². The van der Waals surface area contributed by atoms with Gasteiger partial charge in [-0.15, -0.1) is 0 Å². The Bertz CT molecular complexity index is 837. The van der Waals surface area contributed by atoms with Gasteiger partial charge >= 0.3 is 0 Å². The van der Waals surface area contributed by atoms with Crippen LogP contribution in [-0.2, 0) is 14.8 Å². The number of sulfonamides is 1. The highest BCUT2D eigenvalue weighted by Gasteiger charge is 2.17. The first-order chi connectivity index (χ1) is 11.3. The molecule has 0 radical (unpaired) electrons. The first-order valence-electron chi connectivity index (χ1n) is 7.00. The molecule has 1 N–H and O–H groups in total. The number of hydrogen-bond donors (Lipinski definition) is 1. The molecule has 2 rings (SSSR count). The van der Waals surface area contributed by atoms with Gasteiger partial charge in [0.05, 0.1) is 9.92 Å². The third-order valence-corrected chi connectivity index (χ3v) is 5.22. The lowest BCUT2D eigenvalue weighted by molar-refractivity contribution is -0.118. The van der Waals surface area contributed by atoms with Crippen molar-refractivity contribution >= 4 is 33.2 Å². The first-order valence-corrected chi connectivity index (χ1v) is 8.82. The van der Waals surface area contributed by atoms with Crippen molar-refractivity contribution in [3.05, 3.63) is 53.6 Å². The highest BCUT2D eigenvalue weighted by Crippen LogP contribution is 2.23. The van der Waals surface area contributed by atoms with Gasteiger partial charge in [-0.05, 0) is 30.3 Å². The number of hydrogen-bond acceptors (Lipinski definition) is 4. The Morgan fingerprint density at radius 1 is 1.17 bits per heavy atom. The van der Waals surface area contributed by atoms with Gasteiger partial charge < -0.3 is 10.1 Å². The molecule has 8 heteroatoms. The van der Waals surface area contributed by atoms with E-state index in [2.05, 4.69) is 5.32 Å². The van der Waals surface area contributed by atoms with Gasteiger partial charge in [0.1, 0.15) is 5.75 Å². The molecule has 0 atom stereocenters. The minimum Gasteiger partial charge on any atom is -0.482 e. The van der Waals surface area contributed by atoms with E-state index in [1.807, 2.05) is 0 Å². The lowest BCUT2D eigenvalue weighted by Gasteiger charge is -2.13. The van der Waals surface area contributed by atoms with E-state index in [0.717, 1.165) is 4.31 Å². The molecule has 0 aromatic heterocycles. The van der Waals surface area contributed by atoms with Crippen LogP contribution in [0.25, 0.3) is 0 Å². The van der Waals surface area contributed by atoms with Gasteiger partial charge in [-0.3, -0.25) is 4.79 Å². The van der Waals surface area contributed by atoms with Crippen LogP contribution in [0.1, 0.15) is 0 Å². The average molecular weight is 369 g/mol. The smallest absolute Gasteiger partial charge is 0.262 e. The molecular weight excluding hydrogens is 352 g/mol. The molecule has 0 bridgehead atoms. The summed E-state index contributed by atoms with van der Waals surface area (Å²) in [5, 5.41) is 3.00. The number of nitrogens with one attached hydrogen (secondary N) is 1. The number of benzene rings is 2. The summed E-state index contributed by atoms with van der Waals surface area (Å²) in [6.45, 7) is -0.242. The zero-order valence-corrected chi connectivity index (χ0v) is 14.8. The van der Waals surface area contributed by atoms with E-state index in [-0.39, 0.29) is 11.5 Å². The summed E-state index contributed by atoms with van der Waals surface area (Å²) in [5.74, 6) is -0.0208. The molecule has 1 amide bonds. The van der Waals surface area contributed by atoms with E-state index in [1.54, 1.807) is 36.4 Å². The minimum atomic E-state index is -3.56. The Kier molecular flexibility index (Phi) is 5.82. The lowest BCUT2D eigenvalue weighted by Crippen LogP contribution is -2.23. The standard InChI is InChI=1S/C16H17ClN2O4S/c1-19(2)24(21,22)13-7-5-6-12(10-13)18-16(20)11-23-15-9-4-3-8-14(15)17/h3-10H,11H2,1-2H3,(H,18,20). The molecule has 0 saturated carbocycles. The number of halogens is 1. The Morgan fingerprint density at radius 2 is 1.88 bits per heavy atom. The number of carbonyl (C=O) groups excluding carboxylic acids is 1. The molecule has 0 aliphatic heterocycles. The lowest BCUT2D eigenvalue weighted by atomic mass is 10.3. The van der Waals surface area contributed by atoms with Gasteiger partial charge in [-0.1, -0.05) is 29.8 Å². The van der Waals surface area contributed by atoms with Crippen molar-refractivity contribution in [3.63, 3.8) is 0 Å². The van der Waals surface area contributed by atoms with Crippen LogP contribution >= 0.6 is 11.6 Å². The van der Waals surface area contributed by atoms with Gasteiger partial charge in [0.15, 0.2) is 6.61 Å². The summed E-state index contributed by atoms with van der Waals surface area (Å²) in [4.78, 5) is 12.0. The fourth-order valence-electron chi connectivity index (χ4n) is 1.85. The van der Waals surface area contributed by atoms with Crippen LogP contribution in [-0.4, -0.2) is 39.3 Å². The third-order valence-electron chi connectivity index (χ3n) is 3.09. The molecule has 0 unspecified atom stereocenters. The maximum atomic E-state index is 12.1. The summed E-state index contributed by atoms with van der Waals surface area (Å²) in [6.07, 6.45) is 0. The van der Waals surface area contributed by atoms with Crippen LogP contribution in [0.3, 0.4) is 0 Å². The van der Waals surface area contributed by atoms with Crippen LogP contribution in [0.5, 0.6) is 5.75 Å². The SMILES string of the molecule is CN(C)S(=O)(=O)c1cccc(NC(=O)COc2ccccc2Cl)c1. The predicted molar refractivity (Wildman–Crippen MR) is 92.9 cm³/mol. The van der Waals surface area contributed by atoms with E-state index in [4.69, 9.17) is 16.3 Å². The zero-order chi connectivity index (χ0) is 17.7. The topological polar surface area (TPSA) is 75.7 Å². The zero-order valence-electron chi connectivity index (χ0n) is 13.2. The number of nitrogens with zero attached hydrogens (tertiary/aromatic N) is 1. The van der Waals surface area contributed by atoms with E-state index in [9.17, 15) is 13.2 Å². The van der Waals surface area contributed by atoms with Crippen molar-refractivity contribution < 1.29 is 17.9 Å². The van der Waals surface area contributed by atoms with Crippen LogP contribution in [0, 0.1) is 0 Å². The third kappa shape index (κ3) is 4.47. The number of rotatable bonds is 6. The predicted octanol–water partition coefficient (Wildman–Crippen LogP) is 2.61. The quantitative estimate of drug-likeness (QED) is 0.850. The van der Waals surface area contributed by atoms with Crippen LogP contribution in [0.4, 0.5) is 5.69 Å². The summed E-state index contributed by atoms with van der Waals surface area (Å²) in [7, 11) is -0.678. The van der Waals surface area contributed by atoms with Gasteiger partial charge in [0, 0.05) is 19.8 Å². The molecule has 0 fully saturated rings. The summed E-state index contributed by atoms with van der Waals surface area (Å²) in [5.41, 5.74) is 0.366. The summed E-state index contributed by atoms with van der Waals surface area (Å²) < 4.78 is 30.6. The molecule has 2 aromatic carbocycles. The molecule has 24 heavy (non-hydrogen) atoms. The fourth-order valence-corrected chi connectivity index (χ4v) is 2.99. The monoisotopic (exact) mass is 368 g/mol. The molecule has 2 aromatic rings. The molecule has 0 aliphatic carbocycles. The summed E-state index contributed by atoms with van der Waals surface area (Å²) >= 11 is 5.94. The maximum absolute atomic E-state index is 12.1. The summed E-state index contributed by atoms with van der Waals surface area (Å²) in [6, 6.07) is 12.8. The second-order valence-electron chi connectivity index (χ2n) is 5.08. The van der Waals surface area contributed by atoms with E-state index >= 15 is 0 Å². The highest BCUT2D eigenvalue weighted by atomic mass is 35.5. The molecule has 0 heterocycles. The van der Waals surface area contributed by atoms with Crippen molar-refractivity contribution in [2.24, 2.45) is 0 Å². The normalized spacial score (nSPS) is 11.3. The first kappa shape index (κ1) is 18.3. The Balaban J connectivity index is 2.04. The largest absolute Gasteiger partial charge is 0.482 e. The van der Waals surface area contributed by atoms with E-state index < -0.39 is 15.9 Å². The van der Waals surface area contributed by atoms with Crippen molar-refractivity contribution in [1.82, 2.24) is 4.31 Å². The van der Waals surface area contributed by atoms with Crippen molar-refractivity contribution in [1.29, 1.82) is 0 Å². The van der Waals surface area contributed by atoms with Crippen LogP contribution in [0.2, 0.25) is 5.02 Å². The van der Waals surface area contributed by atoms with Gasteiger partial charge in [-0.2, -0.15) is 0 Å². The molecule has 0 saturated heterocycles. The molecule has 0 aliphatic rings. The molecule has 128 valence electrons. The van der Waals surface area contributed by atoms with Crippen LogP contribution in [0.15, 0.2) is 53.4 Å². The second-order valence-corrected chi connectivity index (χ2v) is 7.64. The number of ether oxygens (including phenoxy) is 1. The number of carbonyl (C=O) groups is 1. The van der Waals surface area contributed by atoms with Gasteiger partial charge in [0.25, 0.3) is 5.91 Å². The number of para-hydroxylation sites is 1. The minimum absolute atomic E-state index is 0.0947. The van der Waals surface area contributed by atoms with Crippen LogP contribution < -0.4 is 10.1 Å². The van der Waals surface area contributed by atoms with Crippen molar-refractivity contribution in [3.8, 4) is 5.75 Å². The maximum Gasteiger partial charge on any atom is 0.262 e. The van der Waals surface area contributed by atoms with Crippen molar-refractivity contribution in [2.45, 2.75) is 4.90 Å². The van der Waals surface area contributed by atoms with E-state index in [1.165, 1.54) is 26.2 Å². The Hall–Kier alpha value is -2.09. The fraction of sp³-hybridized carbons (Fsp3) is 0.188. The number of amides is 1. The Labute approximate surface area is 146 Å².